The van der Waals surface area contributed by atoms with E-state index in [9.17, 15) is 9.59 Å². The third-order valence-corrected chi connectivity index (χ3v) is 2.35. The van der Waals surface area contributed by atoms with Gasteiger partial charge < -0.3 is 4.98 Å². The van der Waals surface area contributed by atoms with E-state index in [2.05, 4.69) is 4.98 Å². The molecule has 3 heteroatoms. The van der Waals surface area contributed by atoms with Gasteiger partial charge in [-0.05, 0) is 12.1 Å². The number of aromatic nitrogens is 1. The molecule has 0 aliphatic heterocycles. The summed E-state index contributed by atoms with van der Waals surface area (Å²) in [6, 6.07) is 12.2. The van der Waals surface area contributed by atoms with Gasteiger partial charge in [-0.2, -0.15) is 0 Å². The van der Waals surface area contributed by atoms with Gasteiger partial charge in [-0.1, -0.05) is 30.3 Å². The highest BCUT2D eigenvalue weighted by Crippen LogP contribution is 2.09. The lowest BCUT2D eigenvalue weighted by molar-refractivity contribution is 0.101. The molecule has 0 saturated heterocycles. The van der Waals surface area contributed by atoms with Crippen LogP contribution in [0.5, 0.6) is 0 Å². The number of Topliss-reactive ketones (excluding diaryl/α,β-unsaturated/α-hetero) is 1. The summed E-state index contributed by atoms with van der Waals surface area (Å²) in [7, 11) is 0. The van der Waals surface area contributed by atoms with E-state index in [1.807, 2.05) is 18.2 Å². The minimum Gasteiger partial charge on any atom is -0.349 e. The second kappa shape index (κ2) is 4.14. The summed E-state index contributed by atoms with van der Waals surface area (Å²) < 4.78 is 0. The zero-order chi connectivity index (χ0) is 11.5. The molecule has 0 amide bonds. The molecule has 0 saturated carbocycles. The average Bonchev–Trinajstić information content (AvgIpc) is 2.78. The van der Waals surface area contributed by atoms with Gasteiger partial charge in [0.1, 0.15) is 0 Å². The lowest BCUT2D eigenvalue weighted by atomic mass is 10.1. The third-order valence-electron chi connectivity index (χ3n) is 2.35. The summed E-state index contributed by atoms with van der Waals surface area (Å²) in [5.41, 5.74) is 1.51. The van der Waals surface area contributed by atoms with E-state index in [4.69, 9.17) is 0 Å². The molecule has 0 aliphatic rings. The number of benzene rings is 1. The molecule has 2 aromatic rings. The van der Waals surface area contributed by atoms with Crippen LogP contribution in [-0.2, 0) is 0 Å². The fraction of sp³-hybridized carbons (Fsp3) is 0.0769. The fourth-order valence-corrected chi connectivity index (χ4v) is 1.48. The number of carbonyl (C=O) groups excluding carboxylic acids is 2. The molecule has 0 fully saturated rings. The van der Waals surface area contributed by atoms with Gasteiger partial charge in [0, 0.05) is 12.5 Å². The first-order valence-corrected chi connectivity index (χ1v) is 4.98. The number of carbonyl (C=O) groups is 2. The fourth-order valence-electron chi connectivity index (χ4n) is 1.48. The highest BCUT2D eigenvalue weighted by atomic mass is 16.1. The molecule has 0 atom stereocenters. The van der Waals surface area contributed by atoms with Crippen LogP contribution in [0, 0.1) is 0 Å². The largest absolute Gasteiger partial charge is 0.349 e. The van der Waals surface area contributed by atoms with Gasteiger partial charge in [0.2, 0.25) is 5.78 Å². The van der Waals surface area contributed by atoms with E-state index in [-0.39, 0.29) is 11.6 Å². The molecular weight excluding hydrogens is 202 g/mol. The van der Waals surface area contributed by atoms with Gasteiger partial charge in [-0.3, -0.25) is 9.59 Å². The molecule has 2 rings (SSSR count). The van der Waals surface area contributed by atoms with Crippen molar-refractivity contribution in [3.63, 3.8) is 0 Å². The number of hydrogen-bond donors (Lipinski definition) is 1. The normalized spacial score (nSPS) is 10.1. The molecule has 1 heterocycles. The summed E-state index contributed by atoms with van der Waals surface area (Å²) >= 11 is 0. The molecule has 16 heavy (non-hydrogen) atoms. The molecule has 0 aliphatic carbocycles. The summed E-state index contributed by atoms with van der Waals surface area (Å²) in [6.45, 7) is 1.46. The summed E-state index contributed by atoms with van der Waals surface area (Å²) in [5.74, 6) is -0.180. The van der Waals surface area contributed by atoms with Crippen molar-refractivity contribution < 1.29 is 9.59 Å². The van der Waals surface area contributed by atoms with Crippen LogP contribution in [0.2, 0.25) is 0 Å². The van der Waals surface area contributed by atoms with Crippen molar-refractivity contribution in [2.45, 2.75) is 6.92 Å². The Balaban J connectivity index is 2.31. The van der Waals surface area contributed by atoms with Crippen molar-refractivity contribution in [1.29, 1.82) is 0 Å². The topological polar surface area (TPSA) is 49.9 Å². The zero-order valence-electron chi connectivity index (χ0n) is 8.86. The number of hydrogen-bond acceptors (Lipinski definition) is 2. The van der Waals surface area contributed by atoms with Crippen LogP contribution in [0.3, 0.4) is 0 Å². The van der Waals surface area contributed by atoms with E-state index >= 15 is 0 Å². The highest BCUT2D eigenvalue weighted by Gasteiger charge is 2.11. The predicted molar refractivity (Wildman–Crippen MR) is 60.7 cm³/mol. The smallest absolute Gasteiger partial charge is 0.209 e. The Kier molecular flexibility index (Phi) is 2.68. The summed E-state index contributed by atoms with van der Waals surface area (Å²) in [4.78, 5) is 25.8. The maximum absolute atomic E-state index is 11.9. The van der Waals surface area contributed by atoms with Gasteiger partial charge in [0.25, 0.3) is 0 Å². The van der Waals surface area contributed by atoms with Crippen LogP contribution in [0.4, 0.5) is 0 Å². The molecule has 3 nitrogen and oxygen atoms in total. The van der Waals surface area contributed by atoms with E-state index in [1.54, 1.807) is 24.3 Å². The van der Waals surface area contributed by atoms with Crippen molar-refractivity contribution in [3.05, 3.63) is 59.4 Å². The van der Waals surface area contributed by atoms with Crippen molar-refractivity contribution >= 4 is 11.6 Å². The van der Waals surface area contributed by atoms with Crippen LogP contribution in [0.1, 0.15) is 33.5 Å². The van der Waals surface area contributed by atoms with E-state index in [0.29, 0.717) is 17.0 Å². The highest BCUT2D eigenvalue weighted by molar-refractivity contribution is 6.08. The number of ketones is 2. The minimum absolute atomic E-state index is 0.0767. The Morgan fingerprint density at radius 3 is 2.12 bits per heavy atom. The predicted octanol–water partition coefficient (Wildman–Crippen LogP) is 2.45. The van der Waals surface area contributed by atoms with Crippen LogP contribution in [0.15, 0.2) is 42.5 Å². The monoisotopic (exact) mass is 213 g/mol. The van der Waals surface area contributed by atoms with Crippen molar-refractivity contribution in [2.75, 3.05) is 0 Å². The molecule has 0 bridgehead atoms. The first kappa shape index (κ1) is 10.4. The summed E-state index contributed by atoms with van der Waals surface area (Å²) in [6.07, 6.45) is 0. The second-order valence-corrected chi connectivity index (χ2v) is 3.54. The molecule has 0 spiro atoms. The average molecular weight is 213 g/mol. The molecular formula is C13H11NO2. The van der Waals surface area contributed by atoms with Crippen LogP contribution in [-0.4, -0.2) is 16.6 Å². The van der Waals surface area contributed by atoms with Gasteiger partial charge >= 0.3 is 0 Å². The lowest BCUT2D eigenvalue weighted by Gasteiger charge is -1.97. The van der Waals surface area contributed by atoms with Gasteiger partial charge in [0.05, 0.1) is 11.4 Å². The maximum Gasteiger partial charge on any atom is 0.209 e. The van der Waals surface area contributed by atoms with Gasteiger partial charge in [0.15, 0.2) is 5.78 Å². The Morgan fingerprint density at radius 2 is 1.56 bits per heavy atom. The SMILES string of the molecule is CC(=O)c1ccc(C(=O)c2ccccc2)[nH]1. The van der Waals surface area contributed by atoms with E-state index in [1.165, 1.54) is 6.92 Å². The van der Waals surface area contributed by atoms with Crippen LogP contribution < -0.4 is 0 Å². The molecule has 1 N–H and O–H groups in total. The first-order chi connectivity index (χ1) is 7.68. The van der Waals surface area contributed by atoms with E-state index < -0.39 is 0 Å². The van der Waals surface area contributed by atoms with Crippen molar-refractivity contribution in [2.24, 2.45) is 0 Å². The Hall–Kier alpha value is -2.16. The minimum atomic E-state index is -0.104. The molecule has 1 aromatic carbocycles. The quantitative estimate of drug-likeness (QED) is 0.796. The number of nitrogens with one attached hydrogen (secondary N) is 1. The lowest BCUT2D eigenvalue weighted by Crippen LogP contribution is -2.02. The Bertz CT molecular complexity index is 526. The molecule has 0 unspecified atom stereocenters. The Morgan fingerprint density at radius 1 is 0.938 bits per heavy atom. The Labute approximate surface area is 93.1 Å². The maximum atomic E-state index is 11.9. The van der Waals surface area contributed by atoms with Gasteiger partial charge in [-0.25, -0.2) is 0 Å². The first-order valence-electron chi connectivity index (χ1n) is 4.98. The zero-order valence-corrected chi connectivity index (χ0v) is 8.86. The summed E-state index contributed by atoms with van der Waals surface area (Å²) in [5, 5.41) is 0. The standard InChI is InChI=1S/C13H11NO2/c1-9(15)11-7-8-12(14-11)13(16)10-5-3-2-4-6-10/h2-8,14H,1H3. The van der Waals surface area contributed by atoms with E-state index in [0.717, 1.165) is 0 Å². The number of rotatable bonds is 3. The third kappa shape index (κ3) is 1.93. The molecule has 1 aromatic heterocycles. The van der Waals surface area contributed by atoms with Gasteiger partial charge in [-0.15, -0.1) is 0 Å². The van der Waals surface area contributed by atoms with Crippen molar-refractivity contribution in [3.8, 4) is 0 Å². The second-order valence-electron chi connectivity index (χ2n) is 3.54. The van der Waals surface area contributed by atoms with Crippen LogP contribution >= 0.6 is 0 Å². The number of H-pyrrole nitrogens is 1. The van der Waals surface area contributed by atoms with Crippen molar-refractivity contribution in [1.82, 2.24) is 4.98 Å². The molecule has 0 radical (unpaired) electrons. The van der Waals surface area contributed by atoms with Crippen LogP contribution in [0.25, 0.3) is 0 Å². The number of aromatic amines is 1. The molecule has 80 valence electrons.